The molecule has 0 radical (unpaired) electrons. The molecule has 4 heteroatoms. The van der Waals surface area contributed by atoms with Gasteiger partial charge >= 0.3 is 0 Å². The summed E-state index contributed by atoms with van der Waals surface area (Å²) in [5, 5.41) is 0. The quantitative estimate of drug-likeness (QED) is 0.792. The van der Waals surface area contributed by atoms with E-state index in [0.717, 1.165) is 25.7 Å². The van der Waals surface area contributed by atoms with Crippen molar-refractivity contribution in [3.05, 3.63) is 0 Å². The number of hydrogen-bond donors (Lipinski definition) is 1. The first kappa shape index (κ1) is 14.5. The smallest absolute Gasteiger partial charge is 0.230 e. The first-order valence-electron chi connectivity index (χ1n) is 6.62. The predicted octanol–water partition coefficient (Wildman–Crippen LogP) is 1.39. The Hall–Kier alpha value is -0.610. The number of nitrogens with zero attached hydrogens (tertiary/aromatic N) is 1. The second-order valence-corrected chi connectivity index (χ2v) is 5.15. The van der Waals surface area contributed by atoms with Crippen molar-refractivity contribution in [2.24, 2.45) is 11.1 Å². The molecule has 0 spiro atoms. The fraction of sp³-hybridized carbons (Fsp3) is 0.923. The summed E-state index contributed by atoms with van der Waals surface area (Å²) in [4.78, 5) is 14.4. The lowest BCUT2D eigenvalue weighted by Crippen LogP contribution is -2.51. The van der Waals surface area contributed by atoms with Crippen LogP contribution in [-0.4, -0.2) is 43.7 Å². The van der Waals surface area contributed by atoms with Crippen LogP contribution in [0.2, 0.25) is 0 Å². The first-order chi connectivity index (χ1) is 8.07. The molecule has 0 aromatic carbocycles. The van der Waals surface area contributed by atoms with Gasteiger partial charge in [0.15, 0.2) is 0 Å². The van der Waals surface area contributed by atoms with Crippen molar-refractivity contribution in [2.75, 3.05) is 26.8 Å². The van der Waals surface area contributed by atoms with Crippen molar-refractivity contribution in [1.29, 1.82) is 0 Å². The number of carbonyl (C=O) groups excluding carboxylic acids is 1. The molecule has 1 saturated heterocycles. The molecule has 1 aliphatic heterocycles. The monoisotopic (exact) mass is 242 g/mol. The zero-order chi connectivity index (χ0) is 12.9. The van der Waals surface area contributed by atoms with Crippen LogP contribution in [0.5, 0.6) is 0 Å². The minimum absolute atomic E-state index is 0.198. The van der Waals surface area contributed by atoms with Gasteiger partial charge in [-0.2, -0.15) is 0 Å². The molecule has 1 unspecified atom stereocenters. The van der Waals surface area contributed by atoms with Crippen LogP contribution in [0.3, 0.4) is 0 Å². The van der Waals surface area contributed by atoms with E-state index in [1.54, 1.807) is 0 Å². The minimum atomic E-state index is -0.380. The second-order valence-electron chi connectivity index (χ2n) is 5.15. The molecule has 100 valence electrons. The van der Waals surface area contributed by atoms with E-state index in [1.165, 1.54) is 0 Å². The lowest BCUT2D eigenvalue weighted by Gasteiger charge is -2.39. The van der Waals surface area contributed by atoms with Crippen molar-refractivity contribution in [3.63, 3.8) is 0 Å². The Morgan fingerprint density at radius 1 is 1.47 bits per heavy atom. The molecule has 2 N–H and O–H groups in total. The van der Waals surface area contributed by atoms with Gasteiger partial charge in [0, 0.05) is 32.8 Å². The largest absolute Gasteiger partial charge is 0.381 e. The van der Waals surface area contributed by atoms with E-state index >= 15 is 0 Å². The summed E-state index contributed by atoms with van der Waals surface area (Å²) in [6.07, 6.45) is 3.65. The number of amides is 1. The molecule has 1 heterocycles. The summed E-state index contributed by atoms with van der Waals surface area (Å²) in [6.45, 7) is 5.98. The van der Waals surface area contributed by atoms with Crippen LogP contribution in [0.25, 0.3) is 0 Å². The molecular formula is C13H26N2O2. The summed E-state index contributed by atoms with van der Waals surface area (Å²) in [5.74, 6) is 0.198. The summed E-state index contributed by atoms with van der Waals surface area (Å²) < 4.78 is 5.34. The Morgan fingerprint density at radius 3 is 2.53 bits per heavy atom. The fourth-order valence-corrected chi connectivity index (χ4v) is 2.45. The minimum Gasteiger partial charge on any atom is -0.381 e. The van der Waals surface area contributed by atoms with Crippen LogP contribution in [0.4, 0.5) is 0 Å². The average Bonchev–Trinajstić information content (AvgIpc) is 2.38. The van der Waals surface area contributed by atoms with Gasteiger partial charge in [0.25, 0.3) is 0 Å². The number of hydrogen-bond acceptors (Lipinski definition) is 3. The standard InChI is InChI=1S/C13H26N2O2/c1-4-5-11(2)15(3)12(16)13(10-14)6-8-17-9-7-13/h11H,4-10,14H2,1-3H3. The van der Waals surface area contributed by atoms with E-state index in [0.29, 0.717) is 25.8 Å². The average molecular weight is 242 g/mol. The Labute approximate surface area is 104 Å². The Balaban J connectivity index is 2.71. The molecule has 0 aromatic rings. The molecule has 1 atom stereocenters. The maximum atomic E-state index is 12.6. The van der Waals surface area contributed by atoms with Gasteiger partial charge in [-0.25, -0.2) is 0 Å². The van der Waals surface area contributed by atoms with Gasteiger partial charge in [-0.15, -0.1) is 0 Å². The zero-order valence-corrected chi connectivity index (χ0v) is 11.4. The highest BCUT2D eigenvalue weighted by Crippen LogP contribution is 2.32. The van der Waals surface area contributed by atoms with Crippen molar-refractivity contribution < 1.29 is 9.53 Å². The van der Waals surface area contributed by atoms with Crippen LogP contribution in [-0.2, 0) is 9.53 Å². The third-order valence-electron chi connectivity index (χ3n) is 3.98. The van der Waals surface area contributed by atoms with Crippen molar-refractivity contribution in [2.45, 2.75) is 45.6 Å². The molecule has 1 rings (SSSR count). The lowest BCUT2D eigenvalue weighted by molar-refractivity contribution is -0.147. The van der Waals surface area contributed by atoms with E-state index in [4.69, 9.17) is 10.5 Å². The summed E-state index contributed by atoms with van der Waals surface area (Å²) in [6, 6.07) is 0.291. The SMILES string of the molecule is CCCC(C)N(C)C(=O)C1(CN)CCOCC1. The van der Waals surface area contributed by atoms with Crippen LogP contribution in [0, 0.1) is 5.41 Å². The highest BCUT2D eigenvalue weighted by molar-refractivity contribution is 5.83. The van der Waals surface area contributed by atoms with Crippen molar-refractivity contribution >= 4 is 5.91 Å². The number of ether oxygens (including phenoxy) is 1. The van der Waals surface area contributed by atoms with E-state index in [9.17, 15) is 4.79 Å². The molecule has 0 saturated carbocycles. The molecule has 1 aliphatic rings. The van der Waals surface area contributed by atoms with Crippen LogP contribution < -0.4 is 5.73 Å². The molecule has 1 amide bonds. The van der Waals surface area contributed by atoms with Gasteiger partial charge in [-0.05, 0) is 26.2 Å². The van der Waals surface area contributed by atoms with Crippen molar-refractivity contribution in [1.82, 2.24) is 4.90 Å². The summed E-state index contributed by atoms with van der Waals surface area (Å²) in [5.41, 5.74) is 5.47. The van der Waals surface area contributed by atoms with Crippen LogP contribution in [0.1, 0.15) is 39.5 Å². The van der Waals surface area contributed by atoms with E-state index in [1.807, 2.05) is 11.9 Å². The van der Waals surface area contributed by atoms with Gasteiger partial charge in [0.2, 0.25) is 5.91 Å². The molecule has 17 heavy (non-hydrogen) atoms. The molecule has 0 aliphatic carbocycles. The van der Waals surface area contributed by atoms with E-state index in [-0.39, 0.29) is 11.3 Å². The topological polar surface area (TPSA) is 55.6 Å². The van der Waals surface area contributed by atoms with Gasteiger partial charge in [-0.3, -0.25) is 4.79 Å². The molecule has 1 fully saturated rings. The van der Waals surface area contributed by atoms with Gasteiger partial charge in [0.05, 0.1) is 5.41 Å². The normalized spacial score (nSPS) is 20.9. The predicted molar refractivity (Wildman–Crippen MR) is 68.7 cm³/mol. The summed E-state index contributed by atoms with van der Waals surface area (Å²) >= 11 is 0. The fourth-order valence-electron chi connectivity index (χ4n) is 2.45. The van der Waals surface area contributed by atoms with Crippen molar-refractivity contribution in [3.8, 4) is 0 Å². The Kier molecular flexibility index (Phi) is 5.40. The third-order valence-corrected chi connectivity index (χ3v) is 3.98. The van der Waals surface area contributed by atoms with E-state index < -0.39 is 0 Å². The zero-order valence-electron chi connectivity index (χ0n) is 11.4. The maximum Gasteiger partial charge on any atom is 0.230 e. The Morgan fingerprint density at radius 2 is 2.06 bits per heavy atom. The number of carbonyl (C=O) groups is 1. The van der Waals surface area contributed by atoms with Crippen LogP contribution in [0.15, 0.2) is 0 Å². The number of nitrogens with two attached hydrogens (primary N) is 1. The molecular weight excluding hydrogens is 216 g/mol. The maximum absolute atomic E-state index is 12.6. The molecule has 0 aromatic heterocycles. The summed E-state index contributed by atoms with van der Waals surface area (Å²) in [7, 11) is 1.90. The third kappa shape index (κ3) is 3.19. The van der Waals surface area contributed by atoms with Gasteiger partial charge < -0.3 is 15.4 Å². The highest BCUT2D eigenvalue weighted by Gasteiger charge is 2.41. The first-order valence-corrected chi connectivity index (χ1v) is 6.62. The van der Waals surface area contributed by atoms with Crippen LogP contribution >= 0.6 is 0 Å². The number of rotatable bonds is 5. The Bertz CT molecular complexity index is 250. The second kappa shape index (κ2) is 6.36. The van der Waals surface area contributed by atoms with E-state index in [2.05, 4.69) is 13.8 Å². The molecule has 4 nitrogen and oxygen atoms in total. The van der Waals surface area contributed by atoms with Gasteiger partial charge in [-0.1, -0.05) is 13.3 Å². The molecule has 0 bridgehead atoms. The lowest BCUT2D eigenvalue weighted by atomic mass is 9.78. The van der Waals surface area contributed by atoms with Gasteiger partial charge in [0.1, 0.15) is 0 Å². The highest BCUT2D eigenvalue weighted by atomic mass is 16.5.